The number of thiazole rings is 1. The minimum atomic E-state index is -0.717. The normalized spacial score (nSPS) is 15.4. The number of carbonyl (C=O) groups excluding carboxylic acids is 1. The number of carbonyl (C=O) groups is 1. The SMILES string of the molecule is CCOC(=O)C1=C(C)N=c2s/c(=C\c3ccc(-c4cccc(Cl)c4)o3)c(=O)n2[C@@H]1c1cccc(OC)c1. The van der Waals surface area contributed by atoms with Gasteiger partial charge in [-0.2, -0.15) is 0 Å². The lowest BCUT2D eigenvalue weighted by Gasteiger charge is -2.24. The van der Waals surface area contributed by atoms with E-state index in [2.05, 4.69) is 4.99 Å². The number of methoxy groups -OCH3 is 1. The summed E-state index contributed by atoms with van der Waals surface area (Å²) in [5.74, 6) is 1.25. The van der Waals surface area contributed by atoms with Gasteiger partial charge >= 0.3 is 5.97 Å². The second kappa shape index (κ2) is 10.2. The van der Waals surface area contributed by atoms with Gasteiger partial charge in [0, 0.05) is 16.7 Å². The average Bonchev–Trinajstić information content (AvgIpc) is 3.48. The van der Waals surface area contributed by atoms with E-state index < -0.39 is 12.0 Å². The number of rotatable bonds is 6. The summed E-state index contributed by atoms with van der Waals surface area (Å²) in [7, 11) is 1.57. The zero-order valence-electron chi connectivity index (χ0n) is 20.4. The molecule has 188 valence electrons. The molecule has 0 bridgehead atoms. The van der Waals surface area contributed by atoms with Gasteiger partial charge in [0.05, 0.1) is 35.6 Å². The molecule has 0 N–H and O–H groups in total. The highest BCUT2D eigenvalue weighted by molar-refractivity contribution is 7.07. The van der Waals surface area contributed by atoms with Gasteiger partial charge in [0.15, 0.2) is 4.80 Å². The van der Waals surface area contributed by atoms with Gasteiger partial charge in [-0.3, -0.25) is 9.36 Å². The summed E-state index contributed by atoms with van der Waals surface area (Å²) in [5, 5.41) is 0.606. The van der Waals surface area contributed by atoms with Gasteiger partial charge in [0.1, 0.15) is 17.3 Å². The Morgan fingerprint density at radius 3 is 2.76 bits per heavy atom. The van der Waals surface area contributed by atoms with Gasteiger partial charge in [-0.15, -0.1) is 0 Å². The average molecular weight is 535 g/mol. The van der Waals surface area contributed by atoms with Crippen LogP contribution in [0.15, 0.2) is 86.1 Å². The molecule has 0 amide bonds. The molecule has 37 heavy (non-hydrogen) atoms. The van der Waals surface area contributed by atoms with E-state index >= 15 is 0 Å². The third kappa shape index (κ3) is 4.77. The number of furan rings is 1. The van der Waals surface area contributed by atoms with E-state index in [-0.39, 0.29) is 12.2 Å². The van der Waals surface area contributed by atoms with Crippen LogP contribution in [0.2, 0.25) is 5.02 Å². The fourth-order valence-electron chi connectivity index (χ4n) is 4.28. The Hall–Kier alpha value is -3.88. The second-order valence-corrected chi connectivity index (χ2v) is 9.74. The lowest BCUT2D eigenvalue weighted by atomic mass is 9.95. The highest BCUT2D eigenvalue weighted by Crippen LogP contribution is 2.32. The summed E-state index contributed by atoms with van der Waals surface area (Å²) in [6, 6.07) is 17.6. The molecule has 0 aliphatic carbocycles. The molecule has 0 spiro atoms. The van der Waals surface area contributed by atoms with E-state index in [0.717, 1.165) is 5.56 Å². The van der Waals surface area contributed by atoms with Crippen LogP contribution in [0, 0.1) is 0 Å². The van der Waals surface area contributed by atoms with Crippen LogP contribution in [-0.4, -0.2) is 24.3 Å². The van der Waals surface area contributed by atoms with Crippen molar-refractivity contribution in [3.05, 3.63) is 108 Å². The van der Waals surface area contributed by atoms with E-state index in [1.807, 2.05) is 48.5 Å². The number of esters is 1. The maximum Gasteiger partial charge on any atom is 0.338 e. The van der Waals surface area contributed by atoms with Gasteiger partial charge in [-0.1, -0.05) is 47.2 Å². The molecule has 4 aromatic rings. The van der Waals surface area contributed by atoms with E-state index in [0.29, 0.717) is 48.5 Å². The van der Waals surface area contributed by atoms with Crippen molar-refractivity contribution in [2.45, 2.75) is 19.9 Å². The Balaban J connectivity index is 1.65. The van der Waals surface area contributed by atoms with Crippen molar-refractivity contribution in [2.75, 3.05) is 13.7 Å². The van der Waals surface area contributed by atoms with Crippen LogP contribution in [0.25, 0.3) is 17.4 Å². The van der Waals surface area contributed by atoms with Crippen LogP contribution in [0.5, 0.6) is 5.75 Å². The number of benzene rings is 2. The van der Waals surface area contributed by atoms with Crippen LogP contribution >= 0.6 is 22.9 Å². The molecule has 0 radical (unpaired) electrons. The van der Waals surface area contributed by atoms with Crippen molar-refractivity contribution in [1.82, 2.24) is 4.57 Å². The smallest absolute Gasteiger partial charge is 0.338 e. The van der Waals surface area contributed by atoms with Crippen molar-refractivity contribution < 1.29 is 18.7 Å². The predicted octanol–water partition coefficient (Wildman–Crippen LogP) is 4.72. The Kier molecular flexibility index (Phi) is 6.86. The molecule has 0 fully saturated rings. The van der Waals surface area contributed by atoms with Crippen molar-refractivity contribution >= 4 is 35.0 Å². The van der Waals surface area contributed by atoms with Gasteiger partial charge in [0.25, 0.3) is 5.56 Å². The summed E-state index contributed by atoms with van der Waals surface area (Å²) in [6.07, 6.45) is 1.68. The monoisotopic (exact) mass is 534 g/mol. The maximum absolute atomic E-state index is 13.7. The Labute approximate surface area is 221 Å². The molecule has 1 aliphatic heterocycles. The van der Waals surface area contributed by atoms with Crippen molar-refractivity contribution in [3.63, 3.8) is 0 Å². The molecule has 1 atom stereocenters. The molecule has 0 saturated carbocycles. The number of nitrogens with zero attached hydrogens (tertiary/aromatic N) is 2. The Morgan fingerprint density at radius 2 is 2.00 bits per heavy atom. The van der Waals surface area contributed by atoms with Crippen LogP contribution in [0.4, 0.5) is 0 Å². The molecule has 2 aromatic carbocycles. The molecular formula is C28H23ClN2O5S. The highest BCUT2D eigenvalue weighted by Gasteiger charge is 2.33. The number of fused-ring (bicyclic) bond motifs is 1. The summed E-state index contributed by atoms with van der Waals surface area (Å²) < 4.78 is 18.7. The first-order valence-corrected chi connectivity index (χ1v) is 12.8. The molecule has 2 aromatic heterocycles. The minimum Gasteiger partial charge on any atom is -0.497 e. The van der Waals surface area contributed by atoms with Crippen LogP contribution < -0.4 is 19.6 Å². The topological polar surface area (TPSA) is 83.0 Å². The first-order chi connectivity index (χ1) is 17.9. The summed E-state index contributed by atoms with van der Waals surface area (Å²) in [4.78, 5) is 31.8. The molecule has 1 aliphatic rings. The van der Waals surface area contributed by atoms with Crippen LogP contribution in [0.1, 0.15) is 31.2 Å². The van der Waals surface area contributed by atoms with Gasteiger partial charge < -0.3 is 13.9 Å². The first kappa shape index (κ1) is 24.8. The third-order valence-electron chi connectivity index (χ3n) is 5.94. The maximum atomic E-state index is 13.7. The predicted molar refractivity (Wildman–Crippen MR) is 143 cm³/mol. The number of hydrogen-bond acceptors (Lipinski definition) is 7. The molecular weight excluding hydrogens is 512 g/mol. The zero-order chi connectivity index (χ0) is 26.1. The fourth-order valence-corrected chi connectivity index (χ4v) is 5.49. The Morgan fingerprint density at radius 1 is 1.19 bits per heavy atom. The van der Waals surface area contributed by atoms with Crippen LogP contribution in [-0.2, 0) is 9.53 Å². The summed E-state index contributed by atoms with van der Waals surface area (Å²) in [6.45, 7) is 3.70. The second-order valence-electron chi connectivity index (χ2n) is 8.29. The van der Waals surface area contributed by atoms with E-state index in [9.17, 15) is 9.59 Å². The molecule has 3 heterocycles. The van der Waals surface area contributed by atoms with Gasteiger partial charge in [-0.25, -0.2) is 9.79 Å². The molecule has 9 heteroatoms. The number of hydrogen-bond donors (Lipinski definition) is 0. The van der Waals surface area contributed by atoms with E-state index in [4.69, 9.17) is 25.5 Å². The molecule has 7 nitrogen and oxygen atoms in total. The summed E-state index contributed by atoms with van der Waals surface area (Å²) >= 11 is 7.34. The van der Waals surface area contributed by atoms with E-state index in [1.54, 1.807) is 39.2 Å². The van der Waals surface area contributed by atoms with Crippen molar-refractivity contribution in [2.24, 2.45) is 4.99 Å². The van der Waals surface area contributed by atoms with E-state index in [1.165, 1.54) is 15.9 Å². The van der Waals surface area contributed by atoms with Gasteiger partial charge in [-0.05, 0) is 55.8 Å². The number of halogens is 1. The lowest BCUT2D eigenvalue weighted by Crippen LogP contribution is -2.39. The zero-order valence-corrected chi connectivity index (χ0v) is 21.9. The standard InChI is InChI=1S/C28H23ClN2O5S/c1-4-35-27(33)24-16(2)30-28-31(25(24)18-8-6-10-20(14-18)34-3)26(32)23(37-28)15-21-11-12-22(36-21)17-7-5-9-19(29)13-17/h5-15,25H,4H2,1-3H3/b23-15-/t25-/m1/s1. The largest absolute Gasteiger partial charge is 0.497 e. The fraction of sp³-hybridized carbons (Fsp3) is 0.179. The lowest BCUT2D eigenvalue weighted by molar-refractivity contribution is -0.139. The number of aromatic nitrogens is 1. The van der Waals surface area contributed by atoms with Crippen molar-refractivity contribution in [3.8, 4) is 17.1 Å². The molecule has 5 rings (SSSR count). The minimum absolute atomic E-state index is 0.207. The Bertz CT molecular complexity index is 1710. The van der Waals surface area contributed by atoms with Gasteiger partial charge in [0.2, 0.25) is 0 Å². The highest BCUT2D eigenvalue weighted by atomic mass is 35.5. The molecule has 0 unspecified atom stereocenters. The van der Waals surface area contributed by atoms with Crippen molar-refractivity contribution in [1.29, 1.82) is 0 Å². The summed E-state index contributed by atoms with van der Waals surface area (Å²) in [5.41, 5.74) is 2.08. The first-order valence-electron chi connectivity index (χ1n) is 11.6. The third-order valence-corrected chi connectivity index (χ3v) is 7.15. The van der Waals surface area contributed by atoms with Crippen LogP contribution in [0.3, 0.4) is 0 Å². The molecule has 0 saturated heterocycles. The number of ether oxygens (including phenoxy) is 2. The number of allylic oxidation sites excluding steroid dienone is 1. The quantitative estimate of drug-likeness (QED) is 0.334.